The molecule has 4 heterocycles. The molecule has 2 fully saturated rings. The molecule has 3 aromatic rings. The molecule has 1 unspecified atom stereocenters. The van der Waals surface area contributed by atoms with Crippen LogP contribution in [0.3, 0.4) is 0 Å². The molecule has 3 aromatic heterocycles. The van der Waals surface area contributed by atoms with Gasteiger partial charge in [-0.05, 0) is 34.9 Å². The molecule has 16 nitrogen and oxygen atoms in total. The Hall–Kier alpha value is -2.30. The standard InChI is InChI=1S/C17H23ClN9O7P/c18-17-21-12(20-7-3-1-2-4-7)9-14(22-17)27(6-19-9)15-11(29)10(28)8(34-15)5-33-16(35(30,31)32)13-23-25-26-24-13/h6-8,10-11,15-16,28-29H,1-5H2,(H,20,21,22)(H2,30,31,32)(H,23,24,25,26)/t8-,10-,11-,15-,16?/m1/s1. The summed E-state index contributed by atoms with van der Waals surface area (Å²) in [7, 11) is -4.83. The quantitative estimate of drug-likeness (QED) is 0.164. The Bertz CT molecular complexity index is 1220. The van der Waals surface area contributed by atoms with Crippen molar-refractivity contribution in [3.05, 3.63) is 17.4 Å². The van der Waals surface area contributed by atoms with E-state index in [0.717, 1.165) is 25.7 Å². The maximum atomic E-state index is 11.8. The maximum Gasteiger partial charge on any atom is 0.361 e. The Labute approximate surface area is 202 Å². The monoisotopic (exact) mass is 531 g/mol. The van der Waals surface area contributed by atoms with E-state index in [9.17, 15) is 24.6 Å². The van der Waals surface area contributed by atoms with E-state index in [-0.39, 0.29) is 22.8 Å². The summed E-state index contributed by atoms with van der Waals surface area (Å²) in [5, 5.41) is 36.8. The van der Waals surface area contributed by atoms with Gasteiger partial charge in [-0.2, -0.15) is 9.97 Å². The number of H-pyrrole nitrogens is 1. The van der Waals surface area contributed by atoms with Gasteiger partial charge in [-0.3, -0.25) is 9.13 Å². The highest BCUT2D eigenvalue weighted by Crippen LogP contribution is 2.51. The molecule has 190 valence electrons. The van der Waals surface area contributed by atoms with Crippen molar-refractivity contribution < 1.29 is 34.0 Å². The van der Waals surface area contributed by atoms with Gasteiger partial charge in [0.2, 0.25) is 11.1 Å². The molecule has 1 aliphatic carbocycles. The number of hydrogen-bond acceptors (Lipinski definition) is 12. The minimum absolute atomic E-state index is 0.0298. The van der Waals surface area contributed by atoms with Gasteiger partial charge in [-0.25, -0.2) is 10.1 Å². The summed E-state index contributed by atoms with van der Waals surface area (Å²) in [5.74, 6) is -1.64. The van der Waals surface area contributed by atoms with Crippen LogP contribution in [-0.4, -0.2) is 91.1 Å². The molecule has 0 amide bonds. The molecule has 0 radical (unpaired) electrons. The van der Waals surface area contributed by atoms with Crippen LogP contribution in [0.25, 0.3) is 11.2 Å². The number of tetrazole rings is 1. The number of aliphatic hydroxyl groups excluding tert-OH is 2. The highest BCUT2D eigenvalue weighted by Gasteiger charge is 2.46. The summed E-state index contributed by atoms with van der Waals surface area (Å²) in [6, 6.07) is 0.243. The molecule has 5 atom stereocenters. The molecule has 2 aliphatic rings. The van der Waals surface area contributed by atoms with E-state index in [1.165, 1.54) is 10.9 Å². The first-order valence-corrected chi connectivity index (χ1v) is 12.9. The van der Waals surface area contributed by atoms with Crippen molar-refractivity contribution >= 4 is 36.2 Å². The van der Waals surface area contributed by atoms with Gasteiger partial charge in [0, 0.05) is 6.04 Å². The van der Waals surface area contributed by atoms with Crippen molar-refractivity contribution in [2.75, 3.05) is 11.9 Å². The number of fused-ring (bicyclic) bond motifs is 1. The lowest BCUT2D eigenvalue weighted by Gasteiger charge is -2.20. The van der Waals surface area contributed by atoms with E-state index >= 15 is 0 Å². The lowest BCUT2D eigenvalue weighted by atomic mass is 10.1. The number of anilines is 1. The number of imidazole rings is 1. The van der Waals surface area contributed by atoms with Gasteiger partial charge >= 0.3 is 7.60 Å². The fourth-order valence-corrected chi connectivity index (χ4v) is 5.20. The molecule has 5 rings (SSSR count). The summed E-state index contributed by atoms with van der Waals surface area (Å²) in [6.45, 7) is -0.484. The Kier molecular flexibility index (Phi) is 6.71. The van der Waals surface area contributed by atoms with Crippen LogP contribution in [0.15, 0.2) is 6.33 Å². The lowest BCUT2D eigenvalue weighted by Crippen LogP contribution is -2.34. The molecule has 0 aromatic carbocycles. The summed E-state index contributed by atoms with van der Waals surface area (Å²) in [6.07, 6.45) is 0.472. The van der Waals surface area contributed by atoms with Crippen molar-refractivity contribution in [2.45, 2.75) is 62.1 Å². The van der Waals surface area contributed by atoms with Crippen molar-refractivity contribution in [2.24, 2.45) is 0 Å². The van der Waals surface area contributed by atoms with Gasteiger partial charge in [-0.1, -0.05) is 12.8 Å². The molecule has 1 saturated carbocycles. The van der Waals surface area contributed by atoms with Crippen LogP contribution in [0.5, 0.6) is 0 Å². The van der Waals surface area contributed by atoms with Gasteiger partial charge in [0.15, 0.2) is 29.0 Å². The minimum atomic E-state index is -4.83. The summed E-state index contributed by atoms with van der Waals surface area (Å²) in [4.78, 5) is 32.0. The highest BCUT2D eigenvalue weighted by molar-refractivity contribution is 7.51. The van der Waals surface area contributed by atoms with E-state index < -0.39 is 44.6 Å². The van der Waals surface area contributed by atoms with E-state index in [0.29, 0.717) is 11.3 Å². The van der Waals surface area contributed by atoms with Gasteiger partial charge < -0.3 is 34.8 Å². The smallest absolute Gasteiger partial charge is 0.361 e. The fraction of sp³-hybridized carbons (Fsp3) is 0.647. The topological polar surface area (TPSA) is 227 Å². The molecule has 1 saturated heterocycles. The average Bonchev–Trinajstić information content (AvgIpc) is 3.59. The molecule has 1 aliphatic heterocycles. The summed E-state index contributed by atoms with van der Waals surface area (Å²) >= 11 is 6.15. The zero-order valence-electron chi connectivity index (χ0n) is 18.0. The number of aliphatic hydroxyl groups is 2. The predicted octanol–water partition coefficient (Wildman–Crippen LogP) is -0.140. The zero-order chi connectivity index (χ0) is 24.7. The van der Waals surface area contributed by atoms with Crippen LogP contribution in [0.2, 0.25) is 5.28 Å². The van der Waals surface area contributed by atoms with Gasteiger partial charge in [0.25, 0.3) is 0 Å². The second kappa shape index (κ2) is 9.63. The van der Waals surface area contributed by atoms with E-state index in [1.807, 2.05) is 0 Å². The van der Waals surface area contributed by atoms with Crippen LogP contribution in [0.4, 0.5) is 5.82 Å². The van der Waals surface area contributed by atoms with Gasteiger partial charge in [0.1, 0.15) is 18.3 Å². The molecular formula is C17H23ClN9O7P. The fourth-order valence-electron chi connectivity index (χ4n) is 4.33. The third-order valence-corrected chi connectivity index (χ3v) is 7.19. The molecule has 0 spiro atoms. The number of nitrogens with one attached hydrogen (secondary N) is 2. The zero-order valence-corrected chi connectivity index (χ0v) is 19.7. The Morgan fingerprint density at radius 1 is 1.29 bits per heavy atom. The molecule has 0 bridgehead atoms. The number of rotatable bonds is 8. The third-order valence-electron chi connectivity index (χ3n) is 6.02. The van der Waals surface area contributed by atoms with E-state index in [2.05, 4.69) is 40.9 Å². The Balaban J connectivity index is 1.36. The third kappa shape index (κ3) is 4.88. The van der Waals surface area contributed by atoms with E-state index in [4.69, 9.17) is 21.1 Å². The molecule has 18 heteroatoms. The maximum absolute atomic E-state index is 11.8. The molecule has 6 N–H and O–H groups in total. The number of nitrogens with zero attached hydrogens (tertiary/aromatic N) is 7. The number of hydrogen-bond donors (Lipinski definition) is 6. The molecule has 35 heavy (non-hydrogen) atoms. The number of aromatic nitrogens is 8. The number of halogens is 1. The predicted molar refractivity (Wildman–Crippen MR) is 117 cm³/mol. The van der Waals surface area contributed by atoms with Crippen LogP contribution >= 0.6 is 19.2 Å². The van der Waals surface area contributed by atoms with Gasteiger partial charge in [0.05, 0.1) is 12.9 Å². The van der Waals surface area contributed by atoms with Crippen molar-refractivity contribution in [3.8, 4) is 0 Å². The lowest BCUT2D eigenvalue weighted by molar-refractivity contribution is -0.0738. The van der Waals surface area contributed by atoms with Crippen LogP contribution in [0, 0.1) is 0 Å². The normalized spacial score (nSPS) is 26.5. The summed E-state index contributed by atoms with van der Waals surface area (Å²) in [5.41, 5.74) is 0.704. The molecular weight excluding hydrogens is 509 g/mol. The largest absolute Gasteiger partial charge is 0.387 e. The SMILES string of the molecule is O=P(O)(O)C(OC[C@H]1O[C@@H](n2cnc3c(NC4CCCC4)nc(Cl)nc32)[C@H](O)[C@@H]1O)c1nnn[nH]1. The van der Waals surface area contributed by atoms with Crippen molar-refractivity contribution in [1.29, 1.82) is 0 Å². The van der Waals surface area contributed by atoms with Crippen molar-refractivity contribution in [1.82, 2.24) is 40.1 Å². The second-order valence-electron chi connectivity index (χ2n) is 8.40. The number of ether oxygens (including phenoxy) is 2. The van der Waals surface area contributed by atoms with Gasteiger partial charge in [-0.15, -0.1) is 5.10 Å². The van der Waals surface area contributed by atoms with Crippen LogP contribution in [0.1, 0.15) is 43.6 Å². The van der Waals surface area contributed by atoms with Crippen molar-refractivity contribution in [3.63, 3.8) is 0 Å². The highest BCUT2D eigenvalue weighted by atomic mass is 35.5. The first-order valence-electron chi connectivity index (χ1n) is 10.8. The number of aromatic amines is 1. The Morgan fingerprint density at radius 3 is 2.74 bits per heavy atom. The van der Waals surface area contributed by atoms with E-state index in [1.54, 1.807) is 0 Å². The summed E-state index contributed by atoms with van der Waals surface area (Å²) < 4.78 is 24.3. The first-order chi connectivity index (χ1) is 16.7. The average molecular weight is 532 g/mol. The van der Waals surface area contributed by atoms with Crippen LogP contribution in [-0.2, 0) is 14.0 Å². The van der Waals surface area contributed by atoms with Crippen LogP contribution < -0.4 is 5.32 Å². The Morgan fingerprint density at radius 2 is 2.06 bits per heavy atom. The minimum Gasteiger partial charge on any atom is -0.387 e. The second-order valence-corrected chi connectivity index (χ2v) is 10.4. The first kappa shape index (κ1) is 24.4.